The molecule has 0 radical (unpaired) electrons. The molecular weight excluding hydrogens is 409 g/mol. The number of benzene rings is 2. The number of carbonyl (C=O) groups is 1. The lowest BCUT2D eigenvalue weighted by Crippen LogP contribution is -2.47. The highest BCUT2D eigenvalue weighted by atomic mass is 19.4. The number of anilines is 1. The molecule has 5 nitrogen and oxygen atoms in total. The fourth-order valence-electron chi connectivity index (χ4n) is 4.27. The van der Waals surface area contributed by atoms with Crippen molar-refractivity contribution in [2.75, 3.05) is 25.6 Å². The Morgan fingerprint density at radius 1 is 1.23 bits per heavy atom. The maximum absolute atomic E-state index is 12.6. The summed E-state index contributed by atoms with van der Waals surface area (Å²) in [6.45, 7) is 1.16. The largest absolute Gasteiger partial charge is 0.496 e. The summed E-state index contributed by atoms with van der Waals surface area (Å²) >= 11 is 0. The van der Waals surface area contributed by atoms with E-state index in [2.05, 4.69) is 5.32 Å². The van der Waals surface area contributed by atoms with Crippen molar-refractivity contribution in [1.82, 2.24) is 5.32 Å². The molecule has 1 spiro atoms. The molecule has 2 aromatic rings. The first-order valence-corrected chi connectivity index (χ1v) is 10.0. The Hall–Kier alpha value is -2.84. The van der Waals surface area contributed by atoms with Gasteiger partial charge in [0.15, 0.2) is 0 Å². The maximum atomic E-state index is 12.6. The highest BCUT2D eigenvalue weighted by molar-refractivity contribution is 5.95. The third-order valence-electron chi connectivity index (χ3n) is 5.69. The topological polar surface area (TPSA) is 59.6 Å². The van der Waals surface area contributed by atoms with Crippen molar-refractivity contribution >= 4 is 17.2 Å². The van der Waals surface area contributed by atoms with Crippen LogP contribution in [0.1, 0.15) is 30.0 Å². The van der Waals surface area contributed by atoms with Crippen molar-refractivity contribution in [3.63, 3.8) is 0 Å². The molecule has 0 aromatic heterocycles. The molecule has 2 unspecified atom stereocenters. The van der Waals surface area contributed by atoms with Crippen LogP contribution in [-0.2, 0) is 9.53 Å². The molecule has 1 amide bonds. The minimum absolute atomic E-state index is 0.0425. The van der Waals surface area contributed by atoms with Gasteiger partial charge in [-0.05, 0) is 54.8 Å². The van der Waals surface area contributed by atoms with Crippen LogP contribution in [0.4, 0.5) is 18.9 Å². The number of nitrogens with one attached hydrogen (secondary N) is 2. The number of hydrogen-bond donors (Lipinski definition) is 2. The number of piperidine rings is 1. The fraction of sp³-hybridized carbons (Fsp3) is 0.348. The Labute approximate surface area is 178 Å². The Morgan fingerprint density at radius 3 is 2.71 bits per heavy atom. The predicted molar refractivity (Wildman–Crippen MR) is 111 cm³/mol. The van der Waals surface area contributed by atoms with Gasteiger partial charge in [-0.3, -0.25) is 4.79 Å². The molecule has 31 heavy (non-hydrogen) atoms. The van der Waals surface area contributed by atoms with E-state index < -0.39 is 17.7 Å². The lowest BCUT2D eigenvalue weighted by atomic mass is 9.81. The number of carbonyl (C=O) groups excluding carboxylic acids is 1. The second-order valence-corrected chi connectivity index (χ2v) is 7.68. The molecule has 2 aromatic carbocycles. The SMILES string of the molecule is COc1ccc(NC(=O)C(F)(F)F)cc1C1=CC2(CCCNC2c2ccccc2)OC1. The number of rotatable bonds is 4. The molecule has 2 aliphatic heterocycles. The van der Waals surface area contributed by atoms with Gasteiger partial charge < -0.3 is 20.1 Å². The van der Waals surface area contributed by atoms with Crippen LogP contribution in [0.5, 0.6) is 5.75 Å². The molecule has 1 fully saturated rings. The highest BCUT2D eigenvalue weighted by Crippen LogP contribution is 2.45. The van der Waals surface area contributed by atoms with Gasteiger partial charge in [0.25, 0.3) is 0 Å². The van der Waals surface area contributed by atoms with Crippen molar-refractivity contribution in [2.45, 2.75) is 30.7 Å². The van der Waals surface area contributed by atoms with E-state index in [1.54, 1.807) is 6.07 Å². The summed E-state index contributed by atoms with van der Waals surface area (Å²) < 4.78 is 49.7. The number of alkyl halides is 3. The number of amides is 1. The van der Waals surface area contributed by atoms with E-state index in [4.69, 9.17) is 9.47 Å². The smallest absolute Gasteiger partial charge is 0.471 e. The zero-order valence-corrected chi connectivity index (χ0v) is 17.0. The lowest BCUT2D eigenvalue weighted by molar-refractivity contribution is -0.167. The van der Waals surface area contributed by atoms with Gasteiger partial charge in [0, 0.05) is 11.3 Å². The van der Waals surface area contributed by atoms with Crippen molar-refractivity contribution in [2.24, 2.45) is 0 Å². The molecule has 4 rings (SSSR count). The molecule has 0 saturated carbocycles. The molecule has 1 saturated heterocycles. The Bertz CT molecular complexity index is 991. The van der Waals surface area contributed by atoms with Crippen molar-refractivity contribution in [1.29, 1.82) is 0 Å². The number of hydrogen-bond acceptors (Lipinski definition) is 4. The van der Waals surface area contributed by atoms with E-state index in [0.29, 0.717) is 11.3 Å². The third-order valence-corrected chi connectivity index (χ3v) is 5.69. The third kappa shape index (κ3) is 4.31. The number of methoxy groups -OCH3 is 1. The van der Waals surface area contributed by atoms with Gasteiger partial charge in [-0.15, -0.1) is 0 Å². The second-order valence-electron chi connectivity index (χ2n) is 7.68. The monoisotopic (exact) mass is 432 g/mol. The van der Waals surface area contributed by atoms with E-state index in [1.165, 1.54) is 19.2 Å². The van der Waals surface area contributed by atoms with E-state index in [1.807, 2.05) is 41.7 Å². The van der Waals surface area contributed by atoms with Crippen LogP contribution in [-0.4, -0.2) is 37.9 Å². The quantitative estimate of drug-likeness (QED) is 0.748. The molecular formula is C23H23F3N2O3. The molecule has 2 heterocycles. The van der Waals surface area contributed by atoms with Crippen molar-refractivity contribution in [3.8, 4) is 5.75 Å². The summed E-state index contributed by atoms with van der Waals surface area (Å²) in [7, 11) is 1.49. The van der Waals surface area contributed by atoms with Crippen LogP contribution in [0, 0.1) is 0 Å². The first kappa shape index (κ1) is 21.4. The van der Waals surface area contributed by atoms with Crippen LogP contribution >= 0.6 is 0 Å². The Morgan fingerprint density at radius 2 is 2.00 bits per heavy atom. The normalized spacial score (nSPS) is 23.5. The molecule has 164 valence electrons. The van der Waals surface area contributed by atoms with Crippen LogP contribution in [0.25, 0.3) is 5.57 Å². The zero-order chi connectivity index (χ0) is 22.1. The minimum atomic E-state index is -4.96. The molecule has 2 atom stereocenters. The summed E-state index contributed by atoms with van der Waals surface area (Å²) in [4.78, 5) is 11.3. The first-order chi connectivity index (χ1) is 14.8. The number of ether oxygens (including phenoxy) is 2. The van der Waals surface area contributed by atoms with Crippen LogP contribution in [0.15, 0.2) is 54.6 Å². The highest BCUT2D eigenvalue weighted by Gasteiger charge is 2.45. The fourth-order valence-corrected chi connectivity index (χ4v) is 4.27. The molecule has 0 aliphatic carbocycles. The van der Waals surface area contributed by atoms with Gasteiger partial charge in [0.1, 0.15) is 11.4 Å². The average Bonchev–Trinajstić information content (AvgIpc) is 3.18. The van der Waals surface area contributed by atoms with Gasteiger partial charge in [-0.25, -0.2) is 0 Å². The molecule has 2 aliphatic rings. The second kappa shape index (κ2) is 8.36. The summed E-state index contributed by atoms with van der Waals surface area (Å²) in [5.74, 6) is -1.52. The van der Waals surface area contributed by atoms with Gasteiger partial charge in [0.2, 0.25) is 0 Å². The van der Waals surface area contributed by atoms with E-state index in [9.17, 15) is 18.0 Å². The van der Waals surface area contributed by atoms with Crippen LogP contribution in [0.2, 0.25) is 0 Å². The van der Waals surface area contributed by atoms with Gasteiger partial charge in [-0.1, -0.05) is 30.3 Å². The van der Waals surface area contributed by atoms with Crippen LogP contribution in [0.3, 0.4) is 0 Å². The molecule has 8 heteroatoms. The predicted octanol–water partition coefficient (Wildman–Crippen LogP) is 4.47. The van der Waals surface area contributed by atoms with Gasteiger partial charge in [-0.2, -0.15) is 13.2 Å². The molecule has 2 N–H and O–H groups in total. The van der Waals surface area contributed by atoms with E-state index in [0.717, 1.165) is 30.5 Å². The Kier molecular flexibility index (Phi) is 5.77. The van der Waals surface area contributed by atoms with Crippen molar-refractivity contribution in [3.05, 3.63) is 65.7 Å². The summed E-state index contributed by atoms with van der Waals surface area (Å²) in [5, 5.41) is 5.44. The lowest BCUT2D eigenvalue weighted by Gasteiger charge is -2.40. The number of halogens is 3. The average molecular weight is 432 g/mol. The van der Waals surface area contributed by atoms with Crippen molar-refractivity contribution < 1.29 is 27.4 Å². The van der Waals surface area contributed by atoms with E-state index >= 15 is 0 Å². The first-order valence-electron chi connectivity index (χ1n) is 10.0. The van der Waals surface area contributed by atoms with Gasteiger partial charge >= 0.3 is 12.1 Å². The van der Waals surface area contributed by atoms with Gasteiger partial charge in [0.05, 0.1) is 19.8 Å². The van der Waals surface area contributed by atoms with E-state index in [-0.39, 0.29) is 18.3 Å². The zero-order valence-electron chi connectivity index (χ0n) is 17.0. The van der Waals surface area contributed by atoms with Crippen LogP contribution < -0.4 is 15.4 Å². The Balaban J connectivity index is 1.68. The minimum Gasteiger partial charge on any atom is -0.496 e. The summed E-state index contributed by atoms with van der Waals surface area (Å²) in [6, 6.07) is 14.4. The maximum Gasteiger partial charge on any atom is 0.471 e. The molecule has 0 bridgehead atoms. The standard InChI is InChI=1S/C23H23F3N2O3/c1-30-19-9-8-17(28-21(29)23(24,25)26)12-18(19)16-13-22(31-14-16)10-5-11-27-20(22)15-6-3-2-4-7-15/h2-4,6-9,12-13,20,27H,5,10-11,14H2,1H3,(H,28,29). The summed E-state index contributed by atoms with van der Waals surface area (Å²) in [5.41, 5.74) is 1.99. The summed E-state index contributed by atoms with van der Waals surface area (Å²) in [6.07, 6.45) is -1.16.